The van der Waals surface area contributed by atoms with Crippen molar-refractivity contribution in [3.05, 3.63) is 101 Å². The maximum Gasteiger partial charge on any atom is 0.338 e. The number of anilines is 1. The van der Waals surface area contributed by atoms with Gasteiger partial charge in [0.15, 0.2) is 6.61 Å². The van der Waals surface area contributed by atoms with Gasteiger partial charge in [0.05, 0.1) is 28.4 Å². The Morgan fingerprint density at radius 1 is 0.871 bits per heavy atom. The van der Waals surface area contributed by atoms with Crippen LogP contribution in [-0.4, -0.2) is 24.4 Å². The summed E-state index contributed by atoms with van der Waals surface area (Å²) in [6, 6.07) is 23.9. The zero-order valence-corrected chi connectivity index (χ0v) is 16.5. The Morgan fingerprint density at radius 3 is 2.26 bits per heavy atom. The third-order valence-corrected chi connectivity index (χ3v) is 4.33. The molecule has 0 fully saturated rings. The zero-order valence-electron chi connectivity index (χ0n) is 16.5. The van der Waals surface area contributed by atoms with Gasteiger partial charge in [-0.1, -0.05) is 42.5 Å². The monoisotopic (exact) mass is 413 g/mol. The molecule has 7 heteroatoms. The largest absolute Gasteiger partial charge is 0.452 e. The molecule has 154 valence electrons. The third kappa shape index (κ3) is 6.02. The molecule has 0 aliphatic heterocycles. The van der Waals surface area contributed by atoms with E-state index in [9.17, 15) is 14.4 Å². The molecule has 0 saturated carbocycles. The molecule has 0 saturated heterocycles. The Hall–Kier alpha value is -4.44. The number of para-hydroxylation sites is 1. The first kappa shape index (κ1) is 21.3. The van der Waals surface area contributed by atoms with Gasteiger partial charge in [-0.3, -0.25) is 9.59 Å². The van der Waals surface area contributed by atoms with E-state index in [1.54, 1.807) is 24.3 Å². The molecule has 0 heterocycles. The summed E-state index contributed by atoms with van der Waals surface area (Å²) >= 11 is 0. The molecule has 0 aliphatic carbocycles. The first-order valence-electron chi connectivity index (χ1n) is 9.45. The van der Waals surface area contributed by atoms with E-state index >= 15 is 0 Å². The molecular formula is C24H19N3O4. The van der Waals surface area contributed by atoms with E-state index in [1.807, 2.05) is 36.4 Å². The zero-order chi connectivity index (χ0) is 22.1. The van der Waals surface area contributed by atoms with Crippen molar-refractivity contribution in [2.45, 2.75) is 6.54 Å². The second-order valence-corrected chi connectivity index (χ2v) is 6.53. The molecule has 3 aromatic rings. The van der Waals surface area contributed by atoms with Crippen LogP contribution in [0.2, 0.25) is 0 Å². The van der Waals surface area contributed by atoms with Crippen LogP contribution in [0.4, 0.5) is 5.69 Å². The number of ether oxygens (including phenoxy) is 1. The highest BCUT2D eigenvalue weighted by molar-refractivity contribution is 6.04. The lowest BCUT2D eigenvalue weighted by Crippen LogP contribution is -2.26. The highest BCUT2D eigenvalue weighted by atomic mass is 16.5. The molecule has 0 atom stereocenters. The minimum atomic E-state index is -0.687. The first-order chi connectivity index (χ1) is 15.1. The second kappa shape index (κ2) is 10.4. The van der Waals surface area contributed by atoms with Gasteiger partial charge in [-0.25, -0.2) is 4.79 Å². The fourth-order valence-corrected chi connectivity index (χ4v) is 2.75. The van der Waals surface area contributed by atoms with Crippen molar-refractivity contribution >= 4 is 23.5 Å². The maximum absolute atomic E-state index is 12.6. The van der Waals surface area contributed by atoms with Crippen LogP contribution in [0.15, 0.2) is 78.9 Å². The van der Waals surface area contributed by atoms with Gasteiger partial charge in [0.2, 0.25) is 0 Å². The van der Waals surface area contributed by atoms with Crippen LogP contribution < -0.4 is 10.6 Å². The Morgan fingerprint density at radius 2 is 1.55 bits per heavy atom. The van der Waals surface area contributed by atoms with Crippen molar-refractivity contribution < 1.29 is 19.1 Å². The summed E-state index contributed by atoms with van der Waals surface area (Å²) in [6.45, 7) is -0.164. The highest BCUT2D eigenvalue weighted by Gasteiger charge is 2.15. The van der Waals surface area contributed by atoms with Crippen LogP contribution in [-0.2, 0) is 16.1 Å². The van der Waals surface area contributed by atoms with Crippen LogP contribution in [0.25, 0.3) is 0 Å². The maximum atomic E-state index is 12.6. The molecule has 0 spiro atoms. The number of nitrogens with one attached hydrogen (secondary N) is 2. The predicted octanol–water partition coefficient (Wildman–Crippen LogP) is 3.28. The molecule has 3 aromatic carbocycles. The van der Waals surface area contributed by atoms with E-state index in [4.69, 9.17) is 10.00 Å². The second-order valence-electron chi connectivity index (χ2n) is 6.53. The minimum Gasteiger partial charge on any atom is -0.452 e. The molecule has 0 radical (unpaired) electrons. The Kier molecular flexibility index (Phi) is 7.12. The highest BCUT2D eigenvalue weighted by Crippen LogP contribution is 2.15. The van der Waals surface area contributed by atoms with Crippen LogP contribution in [0.3, 0.4) is 0 Å². The van der Waals surface area contributed by atoms with E-state index in [2.05, 4.69) is 10.6 Å². The Balaban J connectivity index is 1.56. The number of nitrogens with zero attached hydrogens (tertiary/aromatic N) is 1. The van der Waals surface area contributed by atoms with Crippen LogP contribution in [0.5, 0.6) is 0 Å². The summed E-state index contributed by atoms with van der Waals surface area (Å²) in [7, 11) is 0. The molecular weight excluding hydrogens is 394 g/mol. The van der Waals surface area contributed by atoms with Gasteiger partial charge in [-0.15, -0.1) is 0 Å². The van der Waals surface area contributed by atoms with E-state index < -0.39 is 18.5 Å². The third-order valence-electron chi connectivity index (χ3n) is 4.33. The average molecular weight is 413 g/mol. The molecule has 0 aliphatic rings. The number of nitriles is 1. The van der Waals surface area contributed by atoms with Crippen LogP contribution >= 0.6 is 0 Å². The molecule has 31 heavy (non-hydrogen) atoms. The average Bonchev–Trinajstić information content (AvgIpc) is 2.82. The fourth-order valence-electron chi connectivity index (χ4n) is 2.75. The number of hydrogen-bond donors (Lipinski definition) is 2. The molecule has 3 rings (SSSR count). The topological polar surface area (TPSA) is 108 Å². The number of esters is 1. The number of rotatable bonds is 7. The molecule has 2 N–H and O–H groups in total. The number of carbonyl (C=O) groups is 3. The first-order valence-corrected chi connectivity index (χ1v) is 9.45. The lowest BCUT2D eigenvalue weighted by molar-refractivity contribution is -0.119. The van der Waals surface area contributed by atoms with E-state index in [1.165, 1.54) is 24.3 Å². The van der Waals surface area contributed by atoms with Crippen molar-refractivity contribution in [1.29, 1.82) is 5.26 Å². The van der Waals surface area contributed by atoms with Crippen molar-refractivity contribution in [2.24, 2.45) is 0 Å². The van der Waals surface area contributed by atoms with E-state index in [-0.39, 0.29) is 11.5 Å². The Bertz CT molecular complexity index is 1120. The van der Waals surface area contributed by atoms with Gasteiger partial charge in [-0.05, 0) is 42.0 Å². The lowest BCUT2D eigenvalue weighted by Gasteiger charge is -2.12. The van der Waals surface area contributed by atoms with Gasteiger partial charge < -0.3 is 15.4 Å². The SMILES string of the molecule is N#Cc1ccc(C(=O)OCC(=O)Nc2ccccc2C(=O)NCc2ccccc2)cc1. The van der Waals surface area contributed by atoms with Crippen molar-refractivity contribution in [3.8, 4) is 6.07 Å². The predicted molar refractivity (Wildman–Crippen MR) is 114 cm³/mol. The van der Waals surface area contributed by atoms with E-state index in [0.29, 0.717) is 23.4 Å². The van der Waals surface area contributed by atoms with Crippen LogP contribution in [0.1, 0.15) is 31.8 Å². The van der Waals surface area contributed by atoms with Gasteiger partial charge >= 0.3 is 5.97 Å². The molecule has 7 nitrogen and oxygen atoms in total. The normalized spacial score (nSPS) is 9.90. The summed E-state index contributed by atoms with van der Waals surface area (Å²) in [4.78, 5) is 36.8. The summed E-state index contributed by atoms with van der Waals surface area (Å²) in [6.07, 6.45) is 0. The van der Waals surface area contributed by atoms with Crippen molar-refractivity contribution in [2.75, 3.05) is 11.9 Å². The summed E-state index contributed by atoms with van der Waals surface area (Å²) in [5, 5.41) is 14.2. The van der Waals surface area contributed by atoms with Crippen molar-refractivity contribution in [3.63, 3.8) is 0 Å². The van der Waals surface area contributed by atoms with Gasteiger partial charge in [0.1, 0.15) is 0 Å². The van der Waals surface area contributed by atoms with Crippen molar-refractivity contribution in [1.82, 2.24) is 5.32 Å². The number of benzene rings is 3. The fraction of sp³-hybridized carbons (Fsp3) is 0.0833. The smallest absolute Gasteiger partial charge is 0.338 e. The summed E-state index contributed by atoms with van der Waals surface area (Å²) < 4.78 is 5.01. The van der Waals surface area contributed by atoms with Gasteiger partial charge in [-0.2, -0.15) is 5.26 Å². The lowest BCUT2D eigenvalue weighted by atomic mass is 10.1. The summed E-state index contributed by atoms with van der Waals surface area (Å²) in [5.41, 5.74) is 2.20. The number of amides is 2. The standard InChI is InChI=1S/C24H19N3O4/c25-14-17-10-12-19(13-11-17)24(30)31-16-22(28)27-21-9-5-4-8-20(21)23(29)26-15-18-6-2-1-3-7-18/h1-13H,15-16H2,(H,26,29)(H,27,28). The summed E-state index contributed by atoms with van der Waals surface area (Å²) in [5.74, 6) is -1.60. The number of hydrogen-bond acceptors (Lipinski definition) is 5. The Labute approximate surface area is 179 Å². The molecule has 0 bridgehead atoms. The van der Waals surface area contributed by atoms with Gasteiger partial charge in [0.25, 0.3) is 11.8 Å². The minimum absolute atomic E-state index is 0.229. The van der Waals surface area contributed by atoms with Crippen LogP contribution in [0, 0.1) is 11.3 Å². The molecule has 0 aromatic heterocycles. The van der Waals surface area contributed by atoms with E-state index in [0.717, 1.165) is 5.56 Å². The quantitative estimate of drug-likeness (QED) is 0.578. The number of carbonyl (C=O) groups excluding carboxylic acids is 3. The van der Waals surface area contributed by atoms with Gasteiger partial charge in [0, 0.05) is 6.54 Å². The molecule has 2 amide bonds. The molecule has 0 unspecified atom stereocenters.